The molecule has 4 rings (SSSR count). The molecule has 2 unspecified atom stereocenters. The molecule has 25 heavy (non-hydrogen) atoms. The lowest BCUT2D eigenvalue weighted by atomic mass is 9.95. The maximum Gasteiger partial charge on any atom is 0.104 e. The molecule has 2 atom stereocenters. The summed E-state index contributed by atoms with van der Waals surface area (Å²) in [6, 6.07) is 5.85. The average molecular weight is 354 g/mol. The van der Waals surface area contributed by atoms with E-state index < -0.39 is 0 Å². The molecule has 0 saturated carbocycles. The molecule has 0 spiro atoms. The molecule has 5 N–H and O–H groups in total. The summed E-state index contributed by atoms with van der Waals surface area (Å²) in [7, 11) is 4.10. The lowest BCUT2D eigenvalue weighted by Crippen LogP contribution is -2.37. The van der Waals surface area contributed by atoms with Gasteiger partial charge in [0.25, 0.3) is 0 Å². The average Bonchev–Trinajstić information content (AvgIpc) is 3.05. The van der Waals surface area contributed by atoms with Crippen molar-refractivity contribution in [2.24, 2.45) is 11.5 Å². The van der Waals surface area contributed by atoms with Crippen molar-refractivity contribution in [3.63, 3.8) is 0 Å². The second-order valence-electron chi connectivity index (χ2n) is 6.73. The standard InChI is InChI=1S/C18H22N6S/c1-24(2)8-6-12(19)16(20)10-3-4-13-15-17(23-22-13)11-9-21-7-5-14(11)25-18(10)15/h3-5,7,9,12,16H,6,8,19-20H2,1-2H3,(H,22,23). The summed E-state index contributed by atoms with van der Waals surface area (Å²) in [6.45, 7) is 0.922. The molecule has 1 aliphatic rings. The van der Waals surface area contributed by atoms with Crippen molar-refractivity contribution >= 4 is 22.7 Å². The first-order valence-electron chi connectivity index (χ1n) is 8.35. The van der Waals surface area contributed by atoms with E-state index in [0.717, 1.165) is 50.5 Å². The van der Waals surface area contributed by atoms with Gasteiger partial charge in [-0.05, 0) is 44.8 Å². The van der Waals surface area contributed by atoms with Gasteiger partial charge < -0.3 is 16.4 Å². The molecule has 6 nitrogen and oxygen atoms in total. The Morgan fingerprint density at radius 1 is 1.24 bits per heavy atom. The monoisotopic (exact) mass is 354 g/mol. The van der Waals surface area contributed by atoms with E-state index in [9.17, 15) is 0 Å². The van der Waals surface area contributed by atoms with Crippen LogP contribution in [-0.4, -0.2) is 46.8 Å². The van der Waals surface area contributed by atoms with Crippen LogP contribution >= 0.6 is 11.8 Å². The van der Waals surface area contributed by atoms with Gasteiger partial charge in [0.1, 0.15) is 5.69 Å². The van der Waals surface area contributed by atoms with E-state index in [0.29, 0.717) is 0 Å². The van der Waals surface area contributed by atoms with Crippen LogP contribution in [0, 0.1) is 0 Å². The highest BCUT2D eigenvalue weighted by molar-refractivity contribution is 7.99. The van der Waals surface area contributed by atoms with Gasteiger partial charge in [0.05, 0.1) is 5.52 Å². The first-order chi connectivity index (χ1) is 12.1. The van der Waals surface area contributed by atoms with Crippen LogP contribution in [0.5, 0.6) is 0 Å². The number of nitrogens with zero attached hydrogens (tertiary/aromatic N) is 3. The Morgan fingerprint density at radius 2 is 2.08 bits per heavy atom. The minimum absolute atomic E-state index is 0.0918. The predicted molar refractivity (Wildman–Crippen MR) is 102 cm³/mol. The van der Waals surface area contributed by atoms with Gasteiger partial charge in [0.15, 0.2) is 0 Å². The van der Waals surface area contributed by atoms with Crippen molar-refractivity contribution in [1.82, 2.24) is 20.1 Å². The number of aromatic nitrogens is 3. The van der Waals surface area contributed by atoms with Gasteiger partial charge in [-0.1, -0.05) is 17.8 Å². The van der Waals surface area contributed by atoms with Crippen molar-refractivity contribution in [3.05, 3.63) is 36.2 Å². The van der Waals surface area contributed by atoms with Gasteiger partial charge in [-0.25, -0.2) is 0 Å². The highest BCUT2D eigenvalue weighted by Crippen LogP contribution is 2.49. The van der Waals surface area contributed by atoms with Crippen LogP contribution in [0.15, 0.2) is 40.4 Å². The largest absolute Gasteiger partial charge is 0.326 e. The topological polar surface area (TPSA) is 96.8 Å². The minimum Gasteiger partial charge on any atom is -0.326 e. The Bertz CT molecular complexity index is 919. The van der Waals surface area contributed by atoms with E-state index in [4.69, 9.17) is 11.5 Å². The molecular formula is C18H22N6S. The van der Waals surface area contributed by atoms with Crippen molar-refractivity contribution in [3.8, 4) is 11.3 Å². The van der Waals surface area contributed by atoms with Crippen LogP contribution in [0.1, 0.15) is 18.0 Å². The fraction of sp³-hybridized carbons (Fsp3) is 0.333. The lowest BCUT2D eigenvalue weighted by molar-refractivity contribution is 0.364. The van der Waals surface area contributed by atoms with Crippen LogP contribution in [0.25, 0.3) is 22.2 Å². The number of nitrogens with two attached hydrogens (primary N) is 2. The third kappa shape index (κ3) is 2.83. The fourth-order valence-electron chi connectivity index (χ4n) is 3.24. The molecule has 130 valence electrons. The molecule has 0 radical (unpaired) electrons. The molecule has 3 heterocycles. The van der Waals surface area contributed by atoms with Crippen LogP contribution in [0.3, 0.4) is 0 Å². The van der Waals surface area contributed by atoms with Gasteiger partial charge >= 0.3 is 0 Å². The molecule has 0 saturated heterocycles. The van der Waals surface area contributed by atoms with Crippen LogP contribution in [-0.2, 0) is 0 Å². The number of nitrogens with one attached hydrogen (secondary N) is 1. The highest BCUT2D eigenvalue weighted by Gasteiger charge is 2.27. The molecule has 2 aromatic heterocycles. The summed E-state index contributed by atoms with van der Waals surface area (Å²) in [4.78, 5) is 8.69. The maximum atomic E-state index is 6.56. The molecule has 0 bridgehead atoms. The number of benzene rings is 1. The second-order valence-corrected chi connectivity index (χ2v) is 7.79. The van der Waals surface area contributed by atoms with E-state index in [1.807, 2.05) is 38.6 Å². The molecule has 0 aliphatic carbocycles. The van der Waals surface area contributed by atoms with Crippen LogP contribution in [0.4, 0.5) is 0 Å². The Balaban J connectivity index is 1.78. The van der Waals surface area contributed by atoms with Crippen LogP contribution < -0.4 is 11.5 Å². The summed E-state index contributed by atoms with van der Waals surface area (Å²) in [5.41, 5.74) is 17.1. The lowest BCUT2D eigenvalue weighted by Gasteiger charge is -2.25. The zero-order valence-corrected chi connectivity index (χ0v) is 15.2. The maximum absolute atomic E-state index is 6.56. The van der Waals surface area contributed by atoms with E-state index >= 15 is 0 Å². The second kappa shape index (κ2) is 6.42. The third-order valence-corrected chi connectivity index (χ3v) is 5.91. The van der Waals surface area contributed by atoms with Gasteiger partial charge in [0.2, 0.25) is 0 Å². The normalized spacial score (nSPS) is 15.4. The number of hydrogen-bond donors (Lipinski definition) is 3. The van der Waals surface area contributed by atoms with E-state index in [2.05, 4.69) is 26.1 Å². The molecule has 0 amide bonds. The number of hydrogen-bond acceptors (Lipinski definition) is 6. The number of H-pyrrole nitrogens is 1. The zero-order valence-electron chi connectivity index (χ0n) is 14.4. The van der Waals surface area contributed by atoms with Crippen molar-refractivity contribution < 1.29 is 0 Å². The number of fused-ring (bicyclic) bond motifs is 2. The first kappa shape index (κ1) is 16.5. The Kier molecular flexibility index (Phi) is 4.24. The molecule has 1 aliphatic heterocycles. The predicted octanol–water partition coefficient (Wildman–Crippen LogP) is 2.37. The Labute approximate surface area is 151 Å². The first-order valence-corrected chi connectivity index (χ1v) is 9.17. The molecule has 0 fully saturated rings. The summed E-state index contributed by atoms with van der Waals surface area (Å²) in [5, 5.41) is 8.76. The van der Waals surface area contributed by atoms with Crippen molar-refractivity contribution in [2.75, 3.05) is 20.6 Å². The Hall–Kier alpha value is -1.93. The van der Waals surface area contributed by atoms with Gasteiger partial charge in [0, 0.05) is 45.2 Å². The summed E-state index contributed by atoms with van der Waals surface area (Å²) < 4.78 is 0. The van der Waals surface area contributed by atoms with Gasteiger partial charge in [-0.15, -0.1) is 0 Å². The van der Waals surface area contributed by atoms with Gasteiger partial charge in [-0.2, -0.15) is 5.10 Å². The molecular weight excluding hydrogens is 332 g/mol. The highest BCUT2D eigenvalue weighted by atomic mass is 32.2. The number of aromatic amines is 1. The van der Waals surface area contributed by atoms with Crippen molar-refractivity contribution in [1.29, 1.82) is 0 Å². The number of rotatable bonds is 5. The van der Waals surface area contributed by atoms with E-state index in [1.54, 1.807) is 11.8 Å². The zero-order chi connectivity index (χ0) is 17.6. The summed E-state index contributed by atoms with van der Waals surface area (Å²) >= 11 is 1.73. The fourth-order valence-corrected chi connectivity index (χ4v) is 4.48. The SMILES string of the molecule is CN(C)CCC(N)C(N)c1ccc2[nH]nc3c2c1Sc1ccncc1-3. The minimum atomic E-state index is -0.210. The third-order valence-electron chi connectivity index (χ3n) is 4.69. The molecule has 3 aromatic rings. The number of pyridine rings is 1. The van der Waals surface area contributed by atoms with Crippen LogP contribution in [0.2, 0.25) is 0 Å². The smallest absolute Gasteiger partial charge is 0.104 e. The Morgan fingerprint density at radius 3 is 2.88 bits per heavy atom. The van der Waals surface area contributed by atoms with E-state index in [1.165, 1.54) is 0 Å². The summed E-state index contributed by atoms with van der Waals surface area (Å²) in [5.74, 6) is 0. The van der Waals surface area contributed by atoms with Gasteiger partial charge in [-0.3, -0.25) is 10.1 Å². The van der Waals surface area contributed by atoms with E-state index in [-0.39, 0.29) is 12.1 Å². The van der Waals surface area contributed by atoms with Crippen molar-refractivity contribution in [2.45, 2.75) is 28.3 Å². The summed E-state index contributed by atoms with van der Waals surface area (Å²) in [6.07, 6.45) is 4.54. The molecule has 7 heteroatoms. The molecule has 1 aromatic carbocycles. The quantitative estimate of drug-likeness (QED) is 0.509.